The molecule has 1 amide bonds. The summed E-state index contributed by atoms with van der Waals surface area (Å²) in [5, 5.41) is 12.3. The average Bonchev–Trinajstić information content (AvgIpc) is 3.02. The van der Waals surface area contributed by atoms with Crippen molar-refractivity contribution in [1.29, 1.82) is 0 Å². The van der Waals surface area contributed by atoms with E-state index < -0.39 is 17.7 Å². The summed E-state index contributed by atoms with van der Waals surface area (Å²) in [5.74, 6) is -0.880. The maximum atomic E-state index is 12.5. The maximum Gasteiger partial charge on any atom is 0.407 e. The van der Waals surface area contributed by atoms with Crippen molar-refractivity contribution in [2.24, 2.45) is 0 Å². The first-order valence-electron chi connectivity index (χ1n) is 10.3. The van der Waals surface area contributed by atoms with Crippen molar-refractivity contribution in [3.05, 3.63) is 71.3 Å². The van der Waals surface area contributed by atoms with Gasteiger partial charge in [-0.3, -0.25) is 9.69 Å². The molecule has 2 aromatic rings. The molecule has 2 N–H and O–H groups in total. The third-order valence-corrected chi connectivity index (χ3v) is 5.14. The predicted molar refractivity (Wildman–Crippen MR) is 115 cm³/mol. The van der Waals surface area contributed by atoms with E-state index in [0.29, 0.717) is 6.54 Å². The fourth-order valence-electron chi connectivity index (χ4n) is 4.00. The van der Waals surface area contributed by atoms with Crippen LogP contribution in [-0.2, 0) is 22.5 Å². The van der Waals surface area contributed by atoms with Crippen molar-refractivity contribution in [3.63, 3.8) is 0 Å². The van der Waals surface area contributed by atoms with Crippen LogP contribution in [-0.4, -0.2) is 46.8 Å². The molecule has 1 fully saturated rings. The van der Waals surface area contributed by atoms with E-state index in [1.54, 1.807) is 0 Å². The zero-order chi connectivity index (χ0) is 21.7. The van der Waals surface area contributed by atoms with E-state index in [0.717, 1.165) is 24.2 Å². The van der Waals surface area contributed by atoms with E-state index >= 15 is 0 Å². The number of alkyl carbamates (subject to hydrolysis) is 1. The minimum Gasteiger partial charge on any atom is -0.481 e. The van der Waals surface area contributed by atoms with E-state index in [2.05, 4.69) is 22.3 Å². The van der Waals surface area contributed by atoms with E-state index in [-0.39, 0.29) is 18.4 Å². The van der Waals surface area contributed by atoms with E-state index in [1.807, 2.05) is 63.2 Å². The SMILES string of the molecule is CC(C)(C)OC(=O)N[C@@H]1CN(Cc2ccccc2)C[C@H]1c1ccccc1CC(=O)O. The second-order valence-electron chi connectivity index (χ2n) is 8.81. The van der Waals surface area contributed by atoms with Gasteiger partial charge in [0.25, 0.3) is 0 Å². The molecule has 160 valence electrons. The number of nitrogens with one attached hydrogen (secondary N) is 1. The molecule has 0 saturated carbocycles. The molecule has 1 aliphatic rings. The number of carbonyl (C=O) groups excluding carboxylic acids is 1. The van der Waals surface area contributed by atoms with Gasteiger partial charge >= 0.3 is 12.1 Å². The van der Waals surface area contributed by atoms with Crippen LogP contribution in [0.5, 0.6) is 0 Å². The highest BCUT2D eigenvalue weighted by Crippen LogP contribution is 2.31. The van der Waals surface area contributed by atoms with Crippen molar-refractivity contribution in [2.45, 2.75) is 51.3 Å². The molecule has 3 rings (SSSR count). The largest absolute Gasteiger partial charge is 0.481 e. The van der Waals surface area contributed by atoms with Gasteiger partial charge in [0.05, 0.1) is 12.5 Å². The molecule has 0 radical (unpaired) electrons. The maximum absolute atomic E-state index is 12.5. The highest BCUT2D eigenvalue weighted by atomic mass is 16.6. The molecule has 2 aromatic carbocycles. The number of hydrogen-bond donors (Lipinski definition) is 2. The second-order valence-corrected chi connectivity index (χ2v) is 8.81. The monoisotopic (exact) mass is 410 g/mol. The zero-order valence-electron chi connectivity index (χ0n) is 17.8. The van der Waals surface area contributed by atoms with Gasteiger partial charge in [0.15, 0.2) is 0 Å². The number of rotatable bonds is 6. The Hall–Kier alpha value is -2.86. The molecule has 0 spiro atoms. The summed E-state index contributed by atoms with van der Waals surface area (Å²) in [5.41, 5.74) is 2.38. The zero-order valence-corrected chi connectivity index (χ0v) is 17.8. The first-order chi connectivity index (χ1) is 14.2. The summed E-state index contributed by atoms with van der Waals surface area (Å²) in [6, 6.07) is 17.6. The number of aliphatic carboxylic acids is 1. The van der Waals surface area contributed by atoms with Gasteiger partial charge in [-0.15, -0.1) is 0 Å². The van der Waals surface area contributed by atoms with Gasteiger partial charge in [0.1, 0.15) is 5.60 Å². The quantitative estimate of drug-likeness (QED) is 0.757. The number of ether oxygens (including phenoxy) is 1. The molecule has 1 aliphatic heterocycles. The summed E-state index contributed by atoms with van der Waals surface area (Å²) in [6.07, 6.45) is -0.486. The van der Waals surface area contributed by atoms with Gasteiger partial charge in [-0.25, -0.2) is 4.79 Å². The van der Waals surface area contributed by atoms with Gasteiger partial charge in [-0.1, -0.05) is 54.6 Å². The van der Waals surface area contributed by atoms with Crippen LogP contribution in [0, 0.1) is 0 Å². The Balaban J connectivity index is 1.83. The molecule has 6 heteroatoms. The van der Waals surface area contributed by atoms with Gasteiger partial charge < -0.3 is 15.2 Å². The highest BCUT2D eigenvalue weighted by Gasteiger charge is 2.36. The standard InChI is InChI=1S/C24H30N2O4/c1-24(2,3)30-23(29)25-21-16-26(14-17-9-5-4-6-10-17)15-20(21)19-12-8-7-11-18(19)13-22(27)28/h4-12,20-21H,13-16H2,1-3H3,(H,25,29)(H,27,28)/t20-,21+/m0/s1. The van der Waals surface area contributed by atoms with Crippen molar-refractivity contribution in [2.75, 3.05) is 13.1 Å². The van der Waals surface area contributed by atoms with E-state index in [4.69, 9.17) is 4.74 Å². The van der Waals surface area contributed by atoms with E-state index in [9.17, 15) is 14.7 Å². The summed E-state index contributed by atoms with van der Waals surface area (Å²) in [6.45, 7) is 7.67. The molecule has 1 saturated heterocycles. The lowest BCUT2D eigenvalue weighted by atomic mass is 9.89. The number of amides is 1. The van der Waals surface area contributed by atoms with Gasteiger partial charge in [-0.2, -0.15) is 0 Å². The number of carboxylic acids is 1. The molecule has 1 heterocycles. The summed E-state index contributed by atoms with van der Waals surface area (Å²) in [4.78, 5) is 26.1. The van der Waals surface area contributed by atoms with Gasteiger partial charge in [0, 0.05) is 25.6 Å². The van der Waals surface area contributed by atoms with Crippen LogP contribution in [0.2, 0.25) is 0 Å². The van der Waals surface area contributed by atoms with Crippen molar-refractivity contribution >= 4 is 12.1 Å². The van der Waals surface area contributed by atoms with Gasteiger partial charge in [-0.05, 0) is 37.5 Å². The van der Waals surface area contributed by atoms with Crippen LogP contribution in [0.15, 0.2) is 54.6 Å². The molecule has 0 aromatic heterocycles. The predicted octanol–water partition coefficient (Wildman–Crippen LogP) is 3.81. The lowest BCUT2D eigenvalue weighted by Crippen LogP contribution is -2.42. The normalized spacial score (nSPS) is 19.4. The minimum absolute atomic E-state index is 0.0169. The molecule has 0 aliphatic carbocycles. The Kier molecular flexibility index (Phi) is 6.77. The van der Waals surface area contributed by atoms with Crippen molar-refractivity contribution in [1.82, 2.24) is 10.2 Å². The summed E-state index contributed by atoms with van der Waals surface area (Å²) in [7, 11) is 0. The first-order valence-corrected chi connectivity index (χ1v) is 10.3. The molecular formula is C24H30N2O4. The Bertz CT molecular complexity index is 876. The van der Waals surface area contributed by atoms with Gasteiger partial charge in [0.2, 0.25) is 0 Å². The number of carbonyl (C=O) groups is 2. The minimum atomic E-state index is -0.863. The van der Waals surface area contributed by atoms with Crippen LogP contribution in [0.3, 0.4) is 0 Å². The first kappa shape index (κ1) is 21.8. The van der Waals surface area contributed by atoms with Crippen LogP contribution < -0.4 is 5.32 Å². The number of carboxylic acid groups (broad SMARTS) is 1. The summed E-state index contributed by atoms with van der Waals surface area (Å²) < 4.78 is 5.47. The highest BCUT2D eigenvalue weighted by molar-refractivity contribution is 5.71. The molecule has 0 bridgehead atoms. The number of likely N-dealkylation sites (tertiary alicyclic amines) is 1. The smallest absolute Gasteiger partial charge is 0.407 e. The Morgan fingerprint density at radius 3 is 2.40 bits per heavy atom. The lowest BCUT2D eigenvalue weighted by Gasteiger charge is -2.25. The fraction of sp³-hybridized carbons (Fsp3) is 0.417. The average molecular weight is 411 g/mol. The fourth-order valence-corrected chi connectivity index (χ4v) is 4.00. The summed E-state index contributed by atoms with van der Waals surface area (Å²) >= 11 is 0. The Morgan fingerprint density at radius 2 is 1.73 bits per heavy atom. The van der Waals surface area contributed by atoms with Crippen LogP contribution in [0.1, 0.15) is 43.4 Å². The molecule has 6 nitrogen and oxygen atoms in total. The third-order valence-electron chi connectivity index (χ3n) is 5.14. The Morgan fingerprint density at radius 1 is 1.07 bits per heavy atom. The second kappa shape index (κ2) is 9.30. The molecule has 2 atom stereocenters. The van der Waals surface area contributed by atoms with Crippen LogP contribution in [0.4, 0.5) is 4.79 Å². The van der Waals surface area contributed by atoms with Crippen molar-refractivity contribution < 1.29 is 19.4 Å². The molecular weight excluding hydrogens is 380 g/mol. The third kappa shape index (κ3) is 6.07. The van der Waals surface area contributed by atoms with Crippen LogP contribution in [0.25, 0.3) is 0 Å². The van der Waals surface area contributed by atoms with Crippen molar-refractivity contribution in [3.8, 4) is 0 Å². The van der Waals surface area contributed by atoms with Crippen LogP contribution >= 0.6 is 0 Å². The Labute approximate surface area is 177 Å². The van der Waals surface area contributed by atoms with E-state index in [1.165, 1.54) is 5.56 Å². The number of nitrogens with zero attached hydrogens (tertiary/aromatic N) is 1. The molecule has 0 unspecified atom stereocenters. The molecule has 30 heavy (non-hydrogen) atoms. The number of hydrogen-bond acceptors (Lipinski definition) is 4. The topological polar surface area (TPSA) is 78.9 Å². The lowest BCUT2D eigenvalue weighted by molar-refractivity contribution is -0.136. The number of benzene rings is 2.